The number of anilines is 1. The molecule has 1 aliphatic rings. The molecule has 0 N–H and O–H groups in total. The molecule has 0 aliphatic carbocycles. The number of benzene rings is 1. The molecule has 1 heterocycles. The van der Waals surface area contributed by atoms with Crippen molar-refractivity contribution < 1.29 is 23.5 Å². The molecule has 0 radical (unpaired) electrons. The molecule has 0 saturated carbocycles. The number of carbonyl (C=O) groups is 3. The number of ether oxygens (including phenoxy) is 1. The number of esters is 1. The fourth-order valence-corrected chi connectivity index (χ4v) is 2.89. The van der Waals surface area contributed by atoms with Crippen molar-refractivity contribution in [3.05, 3.63) is 29.6 Å². The molecule has 2 amide bonds. The van der Waals surface area contributed by atoms with Crippen LogP contribution in [0.1, 0.15) is 32.8 Å². The van der Waals surface area contributed by atoms with E-state index in [4.69, 9.17) is 4.74 Å². The minimum atomic E-state index is -0.635. The van der Waals surface area contributed by atoms with Crippen molar-refractivity contribution in [1.82, 2.24) is 4.90 Å². The first-order chi connectivity index (χ1) is 12.0. The summed E-state index contributed by atoms with van der Waals surface area (Å²) in [7, 11) is 1.49. The highest BCUT2D eigenvalue weighted by Crippen LogP contribution is 2.28. The van der Waals surface area contributed by atoms with Crippen LogP contribution in [0, 0.1) is 18.7 Å². The van der Waals surface area contributed by atoms with Crippen LogP contribution in [0.2, 0.25) is 0 Å². The van der Waals surface area contributed by atoms with Crippen molar-refractivity contribution in [2.24, 2.45) is 5.92 Å². The average Bonchev–Trinajstić information content (AvgIpc) is 2.86. The molecule has 1 fully saturated rings. The molecule has 0 bridgehead atoms. The van der Waals surface area contributed by atoms with Gasteiger partial charge in [-0.25, -0.2) is 4.39 Å². The highest BCUT2D eigenvalue weighted by atomic mass is 19.1. The van der Waals surface area contributed by atoms with Gasteiger partial charge in [-0.05, 0) is 45.4 Å². The largest absolute Gasteiger partial charge is 0.459 e. The Labute approximate surface area is 152 Å². The van der Waals surface area contributed by atoms with Crippen LogP contribution in [-0.2, 0) is 19.1 Å². The van der Waals surface area contributed by atoms with Gasteiger partial charge in [0.25, 0.3) is 0 Å². The lowest BCUT2D eigenvalue weighted by Gasteiger charge is -2.24. The zero-order chi connectivity index (χ0) is 19.6. The van der Waals surface area contributed by atoms with Gasteiger partial charge in [0.15, 0.2) is 0 Å². The fraction of sp³-hybridized carbons (Fsp3) is 0.526. The van der Waals surface area contributed by atoms with Crippen LogP contribution < -0.4 is 4.90 Å². The summed E-state index contributed by atoms with van der Waals surface area (Å²) in [6.45, 7) is 6.90. The molecule has 7 heteroatoms. The average molecular weight is 364 g/mol. The van der Waals surface area contributed by atoms with Crippen LogP contribution in [0.25, 0.3) is 0 Å². The normalized spacial score (nSPS) is 17.4. The van der Waals surface area contributed by atoms with Crippen molar-refractivity contribution in [2.75, 3.05) is 25.0 Å². The van der Waals surface area contributed by atoms with E-state index in [0.29, 0.717) is 0 Å². The van der Waals surface area contributed by atoms with Crippen LogP contribution in [0.15, 0.2) is 18.2 Å². The Balaban J connectivity index is 2.03. The summed E-state index contributed by atoms with van der Waals surface area (Å²) in [6, 6.07) is 4.61. The van der Waals surface area contributed by atoms with E-state index in [0.717, 1.165) is 5.56 Å². The molecule has 0 aromatic heterocycles. The van der Waals surface area contributed by atoms with Gasteiger partial charge in [0, 0.05) is 20.0 Å². The van der Waals surface area contributed by atoms with Gasteiger partial charge >= 0.3 is 5.97 Å². The maximum absolute atomic E-state index is 14.1. The third-order valence-electron chi connectivity index (χ3n) is 4.03. The third kappa shape index (κ3) is 4.80. The first-order valence-corrected chi connectivity index (χ1v) is 8.51. The predicted octanol–water partition coefficient (Wildman–Crippen LogP) is 2.29. The molecule has 1 aromatic carbocycles. The summed E-state index contributed by atoms with van der Waals surface area (Å²) in [5, 5.41) is 0. The first-order valence-electron chi connectivity index (χ1n) is 8.51. The van der Waals surface area contributed by atoms with E-state index in [9.17, 15) is 18.8 Å². The molecule has 1 atom stereocenters. The smallest absolute Gasteiger partial charge is 0.326 e. The second-order valence-electron chi connectivity index (χ2n) is 7.64. The summed E-state index contributed by atoms with van der Waals surface area (Å²) in [4.78, 5) is 39.2. The number of amides is 2. The zero-order valence-electron chi connectivity index (χ0n) is 15.8. The fourth-order valence-electron chi connectivity index (χ4n) is 2.89. The minimum Gasteiger partial charge on any atom is -0.459 e. The Hall–Kier alpha value is -2.44. The quantitative estimate of drug-likeness (QED) is 0.769. The summed E-state index contributed by atoms with van der Waals surface area (Å²) >= 11 is 0. The lowest BCUT2D eigenvalue weighted by molar-refractivity contribution is -0.158. The minimum absolute atomic E-state index is 0.00912. The molecule has 142 valence electrons. The number of carbonyl (C=O) groups excluding carboxylic acids is 3. The van der Waals surface area contributed by atoms with E-state index in [1.165, 1.54) is 22.9 Å². The maximum Gasteiger partial charge on any atom is 0.326 e. The molecule has 1 saturated heterocycles. The van der Waals surface area contributed by atoms with Crippen LogP contribution in [-0.4, -0.2) is 48.4 Å². The topological polar surface area (TPSA) is 66.9 Å². The van der Waals surface area contributed by atoms with Crippen molar-refractivity contribution >= 4 is 23.5 Å². The van der Waals surface area contributed by atoms with Gasteiger partial charge in [-0.1, -0.05) is 6.07 Å². The Morgan fingerprint density at radius 2 is 2.00 bits per heavy atom. The van der Waals surface area contributed by atoms with Gasteiger partial charge in [0.2, 0.25) is 11.8 Å². The van der Waals surface area contributed by atoms with E-state index < -0.39 is 23.3 Å². The Kier molecular flexibility index (Phi) is 5.68. The Morgan fingerprint density at radius 3 is 2.58 bits per heavy atom. The van der Waals surface area contributed by atoms with Gasteiger partial charge in [-0.3, -0.25) is 14.4 Å². The monoisotopic (exact) mass is 364 g/mol. The second-order valence-corrected chi connectivity index (χ2v) is 7.64. The number of rotatable bonds is 4. The molecule has 2 rings (SSSR count). The van der Waals surface area contributed by atoms with Gasteiger partial charge in [-0.15, -0.1) is 0 Å². The van der Waals surface area contributed by atoms with E-state index >= 15 is 0 Å². The van der Waals surface area contributed by atoms with E-state index in [1.54, 1.807) is 39.8 Å². The maximum atomic E-state index is 14.1. The predicted molar refractivity (Wildman–Crippen MR) is 95.1 cm³/mol. The molecule has 1 aliphatic heterocycles. The van der Waals surface area contributed by atoms with Crippen LogP contribution in [0.5, 0.6) is 0 Å². The standard InChI is InChI=1S/C19H25FN2O4/c1-12-6-7-15(14(20)8-12)22-10-13(9-16(22)23)18(25)21(5)11-17(24)26-19(2,3)4/h6-8,13H,9-11H2,1-5H3. The van der Waals surface area contributed by atoms with Gasteiger partial charge < -0.3 is 14.5 Å². The van der Waals surface area contributed by atoms with Gasteiger partial charge in [0.05, 0.1) is 11.6 Å². The highest BCUT2D eigenvalue weighted by molar-refractivity contribution is 6.00. The van der Waals surface area contributed by atoms with Gasteiger partial charge in [0.1, 0.15) is 18.0 Å². The lowest BCUT2D eigenvalue weighted by Crippen LogP contribution is -2.40. The number of nitrogens with zero attached hydrogens (tertiary/aromatic N) is 2. The second kappa shape index (κ2) is 7.43. The SMILES string of the molecule is Cc1ccc(N2CC(C(=O)N(C)CC(=O)OC(C)(C)C)CC2=O)c(F)c1. The number of likely N-dealkylation sites (N-methyl/N-ethyl adjacent to an activating group) is 1. The molecule has 1 aromatic rings. The highest BCUT2D eigenvalue weighted by Gasteiger charge is 2.38. The summed E-state index contributed by atoms with van der Waals surface area (Å²) in [5.74, 6) is -2.26. The van der Waals surface area contributed by atoms with Crippen molar-refractivity contribution in [1.29, 1.82) is 0 Å². The summed E-state index contributed by atoms with van der Waals surface area (Å²) in [6.07, 6.45) is -0.00912. The van der Waals surface area contributed by atoms with Crippen LogP contribution in [0.4, 0.5) is 10.1 Å². The van der Waals surface area contributed by atoms with Crippen molar-refractivity contribution in [3.8, 4) is 0 Å². The molecular weight excluding hydrogens is 339 g/mol. The molecule has 0 spiro atoms. The van der Waals surface area contributed by atoms with E-state index in [1.807, 2.05) is 0 Å². The lowest BCUT2D eigenvalue weighted by atomic mass is 10.1. The molecule has 1 unspecified atom stereocenters. The Morgan fingerprint density at radius 1 is 1.35 bits per heavy atom. The molecule has 6 nitrogen and oxygen atoms in total. The van der Waals surface area contributed by atoms with E-state index in [2.05, 4.69) is 0 Å². The van der Waals surface area contributed by atoms with E-state index in [-0.39, 0.29) is 37.0 Å². The van der Waals surface area contributed by atoms with Gasteiger partial charge in [-0.2, -0.15) is 0 Å². The van der Waals surface area contributed by atoms with Crippen LogP contribution >= 0.6 is 0 Å². The van der Waals surface area contributed by atoms with Crippen molar-refractivity contribution in [2.45, 2.75) is 39.7 Å². The number of hydrogen-bond donors (Lipinski definition) is 0. The van der Waals surface area contributed by atoms with Crippen LogP contribution in [0.3, 0.4) is 0 Å². The third-order valence-corrected chi connectivity index (χ3v) is 4.03. The number of halogens is 1. The summed E-state index contributed by atoms with van der Waals surface area (Å²) < 4.78 is 19.3. The molecular formula is C19H25FN2O4. The number of hydrogen-bond acceptors (Lipinski definition) is 4. The first kappa shape index (κ1) is 19.9. The Bertz CT molecular complexity index is 727. The van der Waals surface area contributed by atoms with Crippen molar-refractivity contribution in [3.63, 3.8) is 0 Å². The number of aryl methyl sites for hydroxylation is 1. The zero-order valence-corrected chi connectivity index (χ0v) is 15.8. The molecule has 26 heavy (non-hydrogen) atoms. The summed E-state index contributed by atoms with van der Waals surface area (Å²) in [5.41, 5.74) is 0.290.